The first-order valence-electron chi connectivity index (χ1n) is 11.1. The van der Waals surface area contributed by atoms with Gasteiger partial charge < -0.3 is 10.2 Å². The molecule has 1 aliphatic carbocycles. The van der Waals surface area contributed by atoms with Crippen LogP contribution in [0.1, 0.15) is 59.4 Å². The number of benzene rings is 1. The molecule has 0 bridgehead atoms. The van der Waals surface area contributed by atoms with Gasteiger partial charge in [0.25, 0.3) is 5.91 Å². The van der Waals surface area contributed by atoms with E-state index in [0.29, 0.717) is 18.8 Å². The SMILES string of the molecule is C=CCn1nc(C(=O)N2CCCCCC2)c2c1CC[C@H](NCc1cccc(F)c1)C2. The number of hydrogen-bond donors (Lipinski definition) is 1. The summed E-state index contributed by atoms with van der Waals surface area (Å²) < 4.78 is 15.4. The molecule has 1 aromatic heterocycles. The second-order valence-electron chi connectivity index (χ2n) is 8.40. The molecule has 1 atom stereocenters. The first-order chi connectivity index (χ1) is 14.7. The van der Waals surface area contributed by atoms with E-state index in [1.165, 1.54) is 18.9 Å². The second kappa shape index (κ2) is 9.56. The van der Waals surface area contributed by atoms with Crippen molar-refractivity contribution in [3.8, 4) is 0 Å². The van der Waals surface area contributed by atoms with Crippen LogP contribution in [0, 0.1) is 5.82 Å². The maximum atomic E-state index is 13.5. The molecule has 0 saturated carbocycles. The van der Waals surface area contributed by atoms with Crippen molar-refractivity contribution >= 4 is 5.91 Å². The van der Waals surface area contributed by atoms with E-state index in [0.717, 1.165) is 62.0 Å². The maximum Gasteiger partial charge on any atom is 0.274 e. The Labute approximate surface area is 178 Å². The van der Waals surface area contributed by atoms with Gasteiger partial charge in [0.05, 0.1) is 6.54 Å². The highest BCUT2D eigenvalue weighted by atomic mass is 19.1. The lowest BCUT2D eigenvalue weighted by molar-refractivity contribution is 0.0753. The molecule has 0 radical (unpaired) electrons. The van der Waals surface area contributed by atoms with E-state index >= 15 is 0 Å². The number of amides is 1. The zero-order valence-corrected chi connectivity index (χ0v) is 17.6. The number of carbonyl (C=O) groups excluding carboxylic acids is 1. The second-order valence-corrected chi connectivity index (χ2v) is 8.40. The van der Waals surface area contributed by atoms with Crippen LogP contribution in [0.5, 0.6) is 0 Å². The lowest BCUT2D eigenvalue weighted by Crippen LogP contribution is -2.36. The van der Waals surface area contributed by atoms with Crippen molar-refractivity contribution in [2.45, 2.75) is 64.1 Å². The summed E-state index contributed by atoms with van der Waals surface area (Å²) in [5.74, 6) is -0.141. The quantitative estimate of drug-likeness (QED) is 0.736. The molecule has 0 spiro atoms. The Morgan fingerprint density at radius 1 is 1.27 bits per heavy atom. The Morgan fingerprint density at radius 2 is 2.07 bits per heavy atom. The van der Waals surface area contributed by atoms with Crippen LogP contribution in [-0.2, 0) is 25.9 Å². The average Bonchev–Trinajstić information content (AvgIpc) is 2.92. The van der Waals surface area contributed by atoms with E-state index in [1.807, 2.05) is 21.7 Å². The lowest BCUT2D eigenvalue weighted by atomic mass is 9.91. The van der Waals surface area contributed by atoms with E-state index < -0.39 is 0 Å². The molecule has 1 fully saturated rings. The molecular formula is C24H31FN4O. The summed E-state index contributed by atoms with van der Waals surface area (Å²) >= 11 is 0. The summed E-state index contributed by atoms with van der Waals surface area (Å²) in [5, 5.41) is 8.28. The van der Waals surface area contributed by atoms with Crippen molar-refractivity contribution in [3.63, 3.8) is 0 Å². The molecule has 6 heteroatoms. The van der Waals surface area contributed by atoms with Crippen LogP contribution >= 0.6 is 0 Å². The van der Waals surface area contributed by atoms with Gasteiger partial charge in [-0.1, -0.05) is 31.1 Å². The third-order valence-electron chi connectivity index (χ3n) is 6.23. The highest BCUT2D eigenvalue weighted by molar-refractivity contribution is 5.94. The van der Waals surface area contributed by atoms with Crippen LogP contribution in [0.3, 0.4) is 0 Å². The number of fused-ring (bicyclic) bond motifs is 1. The van der Waals surface area contributed by atoms with Gasteiger partial charge >= 0.3 is 0 Å². The largest absolute Gasteiger partial charge is 0.337 e. The van der Waals surface area contributed by atoms with E-state index in [4.69, 9.17) is 5.10 Å². The van der Waals surface area contributed by atoms with Gasteiger partial charge in [-0.05, 0) is 49.8 Å². The van der Waals surface area contributed by atoms with Gasteiger partial charge in [-0.3, -0.25) is 9.48 Å². The number of hydrogen-bond acceptors (Lipinski definition) is 3. The Kier molecular flexibility index (Phi) is 6.62. The topological polar surface area (TPSA) is 50.2 Å². The predicted molar refractivity (Wildman–Crippen MR) is 116 cm³/mol. The summed E-state index contributed by atoms with van der Waals surface area (Å²) in [6, 6.07) is 6.95. The van der Waals surface area contributed by atoms with Crippen LogP contribution in [-0.4, -0.2) is 39.7 Å². The third kappa shape index (κ3) is 4.64. The van der Waals surface area contributed by atoms with Gasteiger partial charge in [0, 0.05) is 36.9 Å². The van der Waals surface area contributed by atoms with Gasteiger partial charge in [0.2, 0.25) is 0 Å². The summed E-state index contributed by atoms with van der Waals surface area (Å²) in [5.41, 5.74) is 3.79. The molecule has 1 N–H and O–H groups in total. The third-order valence-corrected chi connectivity index (χ3v) is 6.23. The first-order valence-corrected chi connectivity index (χ1v) is 11.1. The summed E-state index contributed by atoms with van der Waals surface area (Å²) in [6.07, 6.45) is 8.99. The molecule has 4 rings (SSSR count). The minimum absolute atomic E-state index is 0.0711. The summed E-state index contributed by atoms with van der Waals surface area (Å²) in [6.45, 7) is 6.73. The highest BCUT2D eigenvalue weighted by Gasteiger charge is 2.31. The molecule has 1 saturated heterocycles. The molecule has 2 aromatic rings. The van der Waals surface area contributed by atoms with Crippen molar-refractivity contribution in [3.05, 3.63) is 65.3 Å². The predicted octanol–water partition coefficient (Wildman–Crippen LogP) is 3.87. The fraction of sp³-hybridized carbons (Fsp3) is 0.500. The summed E-state index contributed by atoms with van der Waals surface area (Å²) in [7, 11) is 0. The molecule has 0 unspecified atom stereocenters. The molecule has 1 aromatic carbocycles. The van der Waals surface area contributed by atoms with E-state index in [1.54, 1.807) is 12.1 Å². The van der Waals surface area contributed by atoms with Crippen molar-refractivity contribution in [1.82, 2.24) is 20.0 Å². The van der Waals surface area contributed by atoms with Gasteiger partial charge in [-0.15, -0.1) is 6.58 Å². The molecule has 30 heavy (non-hydrogen) atoms. The highest BCUT2D eigenvalue weighted by Crippen LogP contribution is 2.27. The number of nitrogens with zero attached hydrogens (tertiary/aromatic N) is 3. The zero-order valence-electron chi connectivity index (χ0n) is 17.6. The minimum atomic E-state index is -0.212. The van der Waals surface area contributed by atoms with Crippen LogP contribution in [0.2, 0.25) is 0 Å². The Hall–Kier alpha value is -2.47. The number of nitrogens with one attached hydrogen (secondary N) is 1. The van der Waals surface area contributed by atoms with Crippen LogP contribution in [0.4, 0.5) is 4.39 Å². The van der Waals surface area contributed by atoms with Crippen molar-refractivity contribution < 1.29 is 9.18 Å². The van der Waals surface area contributed by atoms with Crippen molar-refractivity contribution in [2.75, 3.05) is 13.1 Å². The fourth-order valence-electron chi connectivity index (χ4n) is 4.64. The molecule has 2 aliphatic rings. The smallest absolute Gasteiger partial charge is 0.274 e. The summed E-state index contributed by atoms with van der Waals surface area (Å²) in [4.78, 5) is 15.3. The Balaban J connectivity index is 1.52. The number of rotatable bonds is 6. The van der Waals surface area contributed by atoms with Crippen LogP contribution < -0.4 is 5.32 Å². The number of allylic oxidation sites excluding steroid dienone is 1. The number of likely N-dealkylation sites (tertiary alicyclic amines) is 1. The monoisotopic (exact) mass is 410 g/mol. The standard InChI is InChI=1S/C24H31FN4O/c1-2-12-29-22-11-10-20(26-17-18-8-7-9-19(25)15-18)16-21(22)23(27-29)24(30)28-13-5-3-4-6-14-28/h2,7-9,15,20,26H,1,3-6,10-14,16-17H2/t20-/m0/s1. The fourth-order valence-corrected chi connectivity index (χ4v) is 4.64. The number of carbonyl (C=O) groups is 1. The molecule has 1 amide bonds. The number of halogens is 1. The van der Waals surface area contributed by atoms with E-state index in [9.17, 15) is 9.18 Å². The van der Waals surface area contributed by atoms with E-state index in [-0.39, 0.29) is 17.8 Å². The lowest BCUT2D eigenvalue weighted by Gasteiger charge is -2.25. The number of aromatic nitrogens is 2. The Bertz CT molecular complexity index is 899. The van der Waals surface area contributed by atoms with Gasteiger partial charge in [-0.2, -0.15) is 5.10 Å². The van der Waals surface area contributed by atoms with Crippen LogP contribution in [0.25, 0.3) is 0 Å². The molecule has 1 aliphatic heterocycles. The molecule has 2 heterocycles. The maximum absolute atomic E-state index is 13.5. The molecular weight excluding hydrogens is 379 g/mol. The normalized spacial score (nSPS) is 19.2. The molecule has 5 nitrogen and oxygen atoms in total. The molecule has 160 valence electrons. The zero-order chi connectivity index (χ0) is 20.9. The van der Waals surface area contributed by atoms with Gasteiger partial charge in [-0.25, -0.2) is 4.39 Å². The van der Waals surface area contributed by atoms with Crippen molar-refractivity contribution in [2.24, 2.45) is 0 Å². The first kappa shape index (κ1) is 20.8. The minimum Gasteiger partial charge on any atom is -0.337 e. The van der Waals surface area contributed by atoms with Crippen molar-refractivity contribution in [1.29, 1.82) is 0 Å². The average molecular weight is 411 g/mol. The van der Waals surface area contributed by atoms with E-state index in [2.05, 4.69) is 11.9 Å². The Morgan fingerprint density at radius 3 is 2.80 bits per heavy atom. The van der Waals surface area contributed by atoms with Crippen LogP contribution in [0.15, 0.2) is 36.9 Å². The van der Waals surface area contributed by atoms with Gasteiger partial charge in [0.15, 0.2) is 5.69 Å². The van der Waals surface area contributed by atoms with Gasteiger partial charge in [0.1, 0.15) is 5.82 Å².